The van der Waals surface area contributed by atoms with Crippen LogP contribution in [0.15, 0.2) is 30.6 Å². The number of nitrogens with two attached hydrogens (primary N) is 1. The van der Waals surface area contributed by atoms with Gasteiger partial charge in [-0.15, -0.1) is 0 Å². The smallest absolute Gasteiger partial charge is 0.130 e. The van der Waals surface area contributed by atoms with Crippen molar-refractivity contribution in [2.75, 3.05) is 5.73 Å². The van der Waals surface area contributed by atoms with Crippen LogP contribution in [0.2, 0.25) is 0 Å². The van der Waals surface area contributed by atoms with Crippen LogP contribution in [0.4, 0.5) is 5.82 Å². The molecule has 0 radical (unpaired) electrons. The highest BCUT2D eigenvalue weighted by molar-refractivity contribution is 5.66. The molecule has 0 amide bonds. The van der Waals surface area contributed by atoms with Gasteiger partial charge in [-0.05, 0) is 18.9 Å². The van der Waals surface area contributed by atoms with Gasteiger partial charge >= 0.3 is 0 Å². The van der Waals surface area contributed by atoms with Gasteiger partial charge < -0.3 is 5.73 Å². The molecule has 82 valence electrons. The van der Waals surface area contributed by atoms with Gasteiger partial charge in [-0.1, -0.05) is 31.2 Å². The summed E-state index contributed by atoms with van der Waals surface area (Å²) in [6.45, 7) is 4.08. The van der Waals surface area contributed by atoms with Crippen molar-refractivity contribution in [2.45, 2.75) is 20.3 Å². The molecule has 0 fully saturated rings. The Labute approximate surface area is 95.4 Å². The highest BCUT2D eigenvalue weighted by Crippen LogP contribution is 2.23. The molecule has 0 aliphatic rings. The summed E-state index contributed by atoms with van der Waals surface area (Å²) in [4.78, 5) is 8.24. The van der Waals surface area contributed by atoms with Crippen molar-refractivity contribution in [3.63, 3.8) is 0 Å². The van der Waals surface area contributed by atoms with Crippen LogP contribution in [-0.4, -0.2) is 9.97 Å². The maximum absolute atomic E-state index is 5.76. The van der Waals surface area contributed by atoms with E-state index in [4.69, 9.17) is 5.73 Å². The molecule has 0 saturated heterocycles. The van der Waals surface area contributed by atoms with E-state index in [0.29, 0.717) is 5.82 Å². The van der Waals surface area contributed by atoms with E-state index < -0.39 is 0 Å². The quantitative estimate of drug-likeness (QED) is 0.834. The lowest BCUT2D eigenvalue weighted by Gasteiger charge is -2.06. The molecule has 2 rings (SSSR count). The molecule has 0 aliphatic carbocycles. The number of anilines is 1. The summed E-state index contributed by atoms with van der Waals surface area (Å²) in [5, 5.41) is 0. The summed E-state index contributed by atoms with van der Waals surface area (Å²) in [7, 11) is 0. The second-order valence-electron chi connectivity index (χ2n) is 3.78. The molecule has 3 nitrogen and oxygen atoms in total. The fourth-order valence-corrected chi connectivity index (χ4v) is 1.65. The second kappa shape index (κ2) is 4.31. The number of rotatable bonds is 2. The normalized spacial score (nSPS) is 10.4. The van der Waals surface area contributed by atoms with Gasteiger partial charge in [-0.25, -0.2) is 9.97 Å². The van der Waals surface area contributed by atoms with Crippen molar-refractivity contribution >= 4 is 5.82 Å². The molecule has 0 aliphatic heterocycles. The molecule has 1 aromatic heterocycles. The molecule has 1 aromatic carbocycles. The van der Waals surface area contributed by atoms with Crippen molar-refractivity contribution in [3.8, 4) is 11.3 Å². The fourth-order valence-electron chi connectivity index (χ4n) is 1.65. The van der Waals surface area contributed by atoms with Crippen LogP contribution in [0.1, 0.15) is 18.1 Å². The van der Waals surface area contributed by atoms with E-state index in [1.54, 1.807) is 0 Å². The Morgan fingerprint density at radius 1 is 1.12 bits per heavy atom. The Morgan fingerprint density at radius 3 is 2.44 bits per heavy atom. The Morgan fingerprint density at radius 2 is 1.81 bits per heavy atom. The van der Waals surface area contributed by atoms with E-state index >= 15 is 0 Å². The van der Waals surface area contributed by atoms with E-state index in [1.807, 2.05) is 6.92 Å². The highest BCUT2D eigenvalue weighted by Gasteiger charge is 2.06. The zero-order valence-electron chi connectivity index (χ0n) is 9.57. The number of nitrogens with zero attached hydrogens (tertiary/aromatic N) is 2. The number of benzene rings is 1. The minimum absolute atomic E-state index is 0.546. The summed E-state index contributed by atoms with van der Waals surface area (Å²) in [6, 6.07) is 8.39. The third kappa shape index (κ3) is 1.89. The topological polar surface area (TPSA) is 51.8 Å². The van der Waals surface area contributed by atoms with E-state index in [2.05, 4.69) is 41.2 Å². The molecule has 2 aromatic rings. The first kappa shape index (κ1) is 10.6. The third-order valence-corrected chi connectivity index (χ3v) is 2.76. The third-order valence-electron chi connectivity index (χ3n) is 2.76. The van der Waals surface area contributed by atoms with E-state index in [-0.39, 0.29) is 0 Å². The average molecular weight is 213 g/mol. The molecule has 0 saturated carbocycles. The Hall–Kier alpha value is -1.90. The van der Waals surface area contributed by atoms with Gasteiger partial charge in [-0.3, -0.25) is 0 Å². The predicted molar refractivity (Wildman–Crippen MR) is 66.0 cm³/mol. The van der Waals surface area contributed by atoms with E-state index in [0.717, 1.165) is 23.2 Å². The van der Waals surface area contributed by atoms with Crippen LogP contribution in [-0.2, 0) is 6.42 Å². The largest absolute Gasteiger partial charge is 0.383 e. The minimum Gasteiger partial charge on any atom is -0.383 e. The standard InChI is InChI=1S/C13H15N3/c1-3-10-4-6-11(7-5-10)12-9(2)13(14)16-8-15-12/h4-8H,3H2,1-2H3,(H2,14,15,16). The zero-order chi connectivity index (χ0) is 11.5. The number of aromatic nitrogens is 2. The molecule has 0 spiro atoms. The van der Waals surface area contributed by atoms with Gasteiger partial charge in [0.2, 0.25) is 0 Å². The van der Waals surface area contributed by atoms with Crippen molar-refractivity contribution in [2.24, 2.45) is 0 Å². The van der Waals surface area contributed by atoms with Crippen LogP contribution in [0.3, 0.4) is 0 Å². The van der Waals surface area contributed by atoms with Crippen molar-refractivity contribution < 1.29 is 0 Å². The summed E-state index contributed by atoms with van der Waals surface area (Å²) < 4.78 is 0. The lowest BCUT2D eigenvalue weighted by molar-refractivity contribution is 1.13. The highest BCUT2D eigenvalue weighted by atomic mass is 14.9. The average Bonchev–Trinajstić information content (AvgIpc) is 2.33. The van der Waals surface area contributed by atoms with Crippen LogP contribution in [0, 0.1) is 6.92 Å². The maximum atomic E-state index is 5.76. The number of aryl methyl sites for hydroxylation is 1. The molecular formula is C13H15N3. The van der Waals surface area contributed by atoms with E-state index in [1.165, 1.54) is 11.9 Å². The first-order valence-corrected chi connectivity index (χ1v) is 5.38. The maximum Gasteiger partial charge on any atom is 0.130 e. The minimum atomic E-state index is 0.546. The van der Waals surface area contributed by atoms with Crippen molar-refractivity contribution in [1.29, 1.82) is 0 Å². The molecular weight excluding hydrogens is 198 g/mol. The van der Waals surface area contributed by atoms with Gasteiger partial charge in [-0.2, -0.15) is 0 Å². The van der Waals surface area contributed by atoms with Crippen LogP contribution >= 0.6 is 0 Å². The fraction of sp³-hybridized carbons (Fsp3) is 0.231. The van der Waals surface area contributed by atoms with Crippen LogP contribution in [0.25, 0.3) is 11.3 Å². The predicted octanol–water partition coefficient (Wildman–Crippen LogP) is 2.60. The SMILES string of the molecule is CCc1ccc(-c2ncnc(N)c2C)cc1. The molecule has 0 unspecified atom stereocenters. The molecule has 2 N–H and O–H groups in total. The Kier molecular flexibility index (Phi) is 2.86. The molecule has 0 atom stereocenters. The van der Waals surface area contributed by atoms with Gasteiger partial charge in [0.25, 0.3) is 0 Å². The number of hydrogen-bond donors (Lipinski definition) is 1. The zero-order valence-corrected chi connectivity index (χ0v) is 9.57. The second-order valence-corrected chi connectivity index (χ2v) is 3.78. The first-order valence-electron chi connectivity index (χ1n) is 5.38. The van der Waals surface area contributed by atoms with Gasteiger partial charge in [0.1, 0.15) is 12.1 Å². The summed E-state index contributed by atoms with van der Waals surface area (Å²) in [6.07, 6.45) is 2.55. The molecule has 0 bridgehead atoms. The van der Waals surface area contributed by atoms with E-state index in [9.17, 15) is 0 Å². The van der Waals surface area contributed by atoms with Crippen molar-refractivity contribution in [1.82, 2.24) is 9.97 Å². The lowest BCUT2D eigenvalue weighted by atomic mass is 10.0. The summed E-state index contributed by atoms with van der Waals surface area (Å²) in [5.74, 6) is 0.546. The lowest BCUT2D eigenvalue weighted by Crippen LogP contribution is -1.98. The molecule has 16 heavy (non-hydrogen) atoms. The summed E-state index contributed by atoms with van der Waals surface area (Å²) in [5.41, 5.74) is 10.0. The number of nitrogen functional groups attached to an aromatic ring is 1. The molecule has 1 heterocycles. The molecule has 3 heteroatoms. The Balaban J connectivity index is 2.46. The Bertz CT molecular complexity index is 489. The monoisotopic (exact) mass is 213 g/mol. The first-order chi connectivity index (χ1) is 7.72. The van der Waals surface area contributed by atoms with Crippen molar-refractivity contribution in [3.05, 3.63) is 41.7 Å². The summed E-state index contributed by atoms with van der Waals surface area (Å²) >= 11 is 0. The number of hydrogen-bond acceptors (Lipinski definition) is 3. The van der Waals surface area contributed by atoms with Crippen LogP contribution in [0.5, 0.6) is 0 Å². The van der Waals surface area contributed by atoms with Gasteiger partial charge in [0, 0.05) is 11.1 Å². The van der Waals surface area contributed by atoms with Gasteiger partial charge in [0.05, 0.1) is 5.69 Å². The van der Waals surface area contributed by atoms with Gasteiger partial charge in [0.15, 0.2) is 0 Å². The van der Waals surface area contributed by atoms with Crippen LogP contribution < -0.4 is 5.73 Å².